The number of aromatic nitrogens is 3. The van der Waals surface area contributed by atoms with E-state index in [2.05, 4.69) is 51.9 Å². The zero-order valence-electron chi connectivity index (χ0n) is 15.7. The van der Waals surface area contributed by atoms with Crippen LogP contribution in [-0.2, 0) is 26.1 Å². The van der Waals surface area contributed by atoms with Crippen molar-refractivity contribution < 1.29 is 0 Å². The summed E-state index contributed by atoms with van der Waals surface area (Å²) in [6, 6.07) is 8.44. The van der Waals surface area contributed by atoms with E-state index in [1.165, 1.54) is 11.1 Å². The molecule has 2 aromatic rings. The number of benzene rings is 1. The van der Waals surface area contributed by atoms with Crippen LogP contribution in [0.25, 0.3) is 0 Å². The molecule has 0 amide bonds. The fraction of sp³-hybridized carbons (Fsp3) is 0.526. The highest BCUT2D eigenvalue weighted by atomic mass is 16.2. The lowest BCUT2D eigenvalue weighted by atomic mass is 10.1. The Labute approximate surface area is 154 Å². The molecule has 7 heteroatoms. The van der Waals surface area contributed by atoms with Crippen LogP contribution in [0.1, 0.15) is 36.2 Å². The highest BCUT2D eigenvalue weighted by Crippen LogP contribution is 2.09. The minimum Gasteiger partial charge on any atom is -0.356 e. The van der Waals surface area contributed by atoms with E-state index in [-0.39, 0.29) is 5.69 Å². The Kier molecular flexibility index (Phi) is 6.09. The quantitative estimate of drug-likeness (QED) is 0.467. The first-order valence-corrected chi connectivity index (χ1v) is 9.34. The molecule has 0 radical (unpaired) electrons. The van der Waals surface area contributed by atoms with Crippen molar-refractivity contribution in [2.24, 2.45) is 4.99 Å². The van der Waals surface area contributed by atoms with Crippen LogP contribution in [0.4, 0.5) is 0 Å². The Balaban J connectivity index is 1.43. The summed E-state index contributed by atoms with van der Waals surface area (Å²) >= 11 is 0. The molecule has 2 heterocycles. The smallest absolute Gasteiger partial charge is 0.345 e. The zero-order chi connectivity index (χ0) is 18.4. The third kappa shape index (κ3) is 4.53. The van der Waals surface area contributed by atoms with Crippen LogP contribution in [0.2, 0.25) is 0 Å². The van der Waals surface area contributed by atoms with Gasteiger partial charge in [-0.05, 0) is 31.7 Å². The highest BCUT2D eigenvalue weighted by molar-refractivity contribution is 5.79. The number of rotatable bonds is 6. The molecule has 1 aliphatic rings. The van der Waals surface area contributed by atoms with Crippen LogP contribution in [0.15, 0.2) is 34.1 Å². The number of hydrogen-bond acceptors (Lipinski definition) is 3. The topological polar surface area (TPSA) is 76.2 Å². The van der Waals surface area contributed by atoms with Gasteiger partial charge in [-0.3, -0.25) is 9.56 Å². The summed E-state index contributed by atoms with van der Waals surface area (Å²) in [4.78, 5) is 16.5. The molecular weight excluding hydrogens is 328 g/mol. The first kappa shape index (κ1) is 18.2. The second-order valence-corrected chi connectivity index (χ2v) is 6.72. The number of aryl methyl sites for hydroxylation is 3. The predicted octanol–water partition coefficient (Wildman–Crippen LogP) is 1.44. The number of fused-ring (bicyclic) bond motifs is 1. The second kappa shape index (κ2) is 8.69. The van der Waals surface area contributed by atoms with E-state index in [4.69, 9.17) is 0 Å². The molecule has 0 bridgehead atoms. The van der Waals surface area contributed by atoms with Crippen molar-refractivity contribution in [1.29, 1.82) is 0 Å². The van der Waals surface area contributed by atoms with Crippen LogP contribution >= 0.6 is 0 Å². The molecule has 0 spiro atoms. The third-order valence-electron chi connectivity index (χ3n) is 4.67. The van der Waals surface area contributed by atoms with Gasteiger partial charge in [0.2, 0.25) is 0 Å². The lowest BCUT2D eigenvalue weighted by Gasteiger charge is -2.12. The Morgan fingerprint density at radius 1 is 1.23 bits per heavy atom. The first-order valence-electron chi connectivity index (χ1n) is 9.34. The molecule has 0 unspecified atom stereocenters. The van der Waals surface area contributed by atoms with Gasteiger partial charge < -0.3 is 10.6 Å². The summed E-state index contributed by atoms with van der Waals surface area (Å²) < 4.78 is 3.42. The molecule has 26 heavy (non-hydrogen) atoms. The fourth-order valence-corrected chi connectivity index (χ4v) is 3.14. The van der Waals surface area contributed by atoms with Crippen LogP contribution in [0.3, 0.4) is 0 Å². The van der Waals surface area contributed by atoms with E-state index in [1.807, 2.05) is 4.57 Å². The minimum atomic E-state index is 0.0292. The Morgan fingerprint density at radius 3 is 2.77 bits per heavy atom. The Bertz CT molecular complexity index is 802. The molecule has 0 saturated heterocycles. The molecule has 0 atom stereocenters. The van der Waals surface area contributed by atoms with Gasteiger partial charge in [-0.1, -0.05) is 29.8 Å². The number of nitrogens with one attached hydrogen (secondary N) is 2. The lowest BCUT2D eigenvalue weighted by Crippen LogP contribution is -2.37. The average molecular weight is 356 g/mol. The van der Waals surface area contributed by atoms with Gasteiger partial charge in [0, 0.05) is 39.6 Å². The van der Waals surface area contributed by atoms with Crippen LogP contribution in [0, 0.1) is 6.92 Å². The zero-order valence-corrected chi connectivity index (χ0v) is 15.7. The van der Waals surface area contributed by atoms with Crippen LogP contribution < -0.4 is 16.3 Å². The molecule has 1 aliphatic heterocycles. The summed E-state index contributed by atoms with van der Waals surface area (Å²) in [5, 5.41) is 11.1. The Hall–Kier alpha value is -2.57. The summed E-state index contributed by atoms with van der Waals surface area (Å²) in [5.41, 5.74) is 2.50. The third-order valence-corrected chi connectivity index (χ3v) is 4.67. The predicted molar refractivity (Wildman–Crippen MR) is 103 cm³/mol. The van der Waals surface area contributed by atoms with E-state index in [0.717, 1.165) is 57.1 Å². The van der Waals surface area contributed by atoms with E-state index in [0.29, 0.717) is 6.54 Å². The molecule has 2 N–H and O–H groups in total. The molecule has 0 fully saturated rings. The first-order chi connectivity index (χ1) is 12.7. The van der Waals surface area contributed by atoms with Crippen LogP contribution in [-0.4, -0.2) is 33.9 Å². The van der Waals surface area contributed by atoms with Crippen molar-refractivity contribution in [2.75, 3.05) is 13.6 Å². The summed E-state index contributed by atoms with van der Waals surface area (Å²) in [6.07, 6.45) is 3.93. The van der Waals surface area contributed by atoms with Gasteiger partial charge in [-0.25, -0.2) is 9.48 Å². The van der Waals surface area contributed by atoms with Gasteiger partial charge in [0.25, 0.3) is 0 Å². The van der Waals surface area contributed by atoms with Crippen molar-refractivity contribution in [1.82, 2.24) is 25.0 Å². The maximum Gasteiger partial charge on any atom is 0.345 e. The van der Waals surface area contributed by atoms with Gasteiger partial charge in [0.15, 0.2) is 5.96 Å². The molecule has 3 rings (SSSR count). The average Bonchev–Trinajstić information content (AvgIpc) is 2.99. The standard InChI is InChI=1S/C19H28N6O/c1-15-7-9-16(10-8-15)14-22-18(20-2)21-11-5-13-25-19(26)24-12-4-3-6-17(24)23-25/h7-10H,3-6,11-14H2,1-2H3,(H2,20,21,22). The highest BCUT2D eigenvalue weighted by Gasteiger charge is 2.16. The number of guanidine groups is 1. The van der Waals surface area contributed by atoms with Gasteiger partial charge in [0.1, 0.15) is 5.82 Å². The molecule has 1 aromatic carbocycles. The van der Waals surface area contributed by atoms with Crippen LogP contribution in [0.5, 0.6) is 0 Å². The molecule has 140 valence electrons. The molecule has 1 aromatic heterocycles. The van der Waals surface area contributed by atoms with Crippen molar-refractivity contribution in [2.45, 2.75) is 52.2 Å². The van der Waals surface area contributed by atoms with Gasteiger partial charge in [-0.2, -0.15) is 5.10 Å². The van der Waals surface area contributed by atoms with E-state index in [1.54, 1.807) is 11.7 Å². The van der Waals surface area contributed by atoms with Crippen molar-refractivity contribution in [3.05, 3.63) is 51.7 Å². The number of aliphatic imine (C=N–C) groups is 1. The van der Waals surface area contributed by atoms with Gasteiger partial charge in [-0.15, -0.1) is 0 Å². The maximum absolute atomic E-state index is 12.3. The molecule has 7 nitrogen and oxygen atoms in total. The number of hydrogen-bond donors (Lipinski definition) is 2. The normalized spacial score (nSPS) is 14.2. The summed E-state index contributed by atoms with van der Waals surface area (Å²) in [7, 11) is 1.76. The minimum absolute atomic E-state index is 0.0292. The summed E-state index contributed by atoms with van der Waals surface area (Å²) in [5.74, 6) is 1.70. The number of nitrogens with zero attached hydrogens (tertiary/aromatic N) is 4. The van der Waals surface area contributed by atoms with Crippen molar-refractivity contribution in [3.63, 3.8) is 0 Å². The van der Waals surface area contributed by atoms with E-state index in [9.17, 15) is 4.79 Å². The van der Waals surface area contributed by atoms with E-state index < -0.39 is 0 Å². The monoisotopic (exact) mass is 356 g/mol. The Morgan fingerprint density at radius 2 is 2.04 bits per heavy atom. The van der Waals surface area contributed by atoms with Gasteiger partial charge in [0.05, 0.1) is 0 Å². The lowest BCUT2D eigenvalue weighted by molar-refractivity contribution is 0.509. The fourth-order valence-electron chi connectivity index (χ4n) is 3.14. The largest absolute Gasteiger partial charge is 0.356 e. The molecule has 0 saturated carbocycles. The molecular formula is C19H28N6O. The summed E-state index contributed by atoms with van der Waals surface area (Å²) in [6.45, 7) is 4.98. The van der Waals surface area contributed by atoms with E-state index >= 15 is 0 Å². The molecule has 0 aliphatic carbocycles. The maximum atomic E-state index is 12.3. The van der Waals surface area contributed by atoms with Crippen molar-refractivity contribution in [3.8, 4) is 0 Å². The van der Waals surface area contributed by atoms with Gasteiger partial charge >= 0.3 is 5.69 Å². The second-order valence-electron chi connectivity index (χ2n) is 6.72. The SMILES string of the molecule is CN=C(NCCCn1nc2n(c1=O)CCCC2)NCc1ccc(C)cc1. The van der Waals surface area contributed by atoms with Crippen molar-refractivity contribution >= 4 is 5.96 Å².